The summed E-state index contributed by atoms with van der Waals surface area (Å²) in [6, 6.07) is 8.59. The van der Waals surface area contributed by atoms with Gasteiger partial charge in [-0.25, -0.2) is 17.5 Å². The van der Waals surface area contributed by atoms with E-state index >= 15 is 0 Å². The molecule has 1 aliphatic heterocycles. The highest BCUT2D eigenvalue weighted by molar-refractivity contribution is 7.88. The number of hydrogen-bond donors (Lipinski definition) is 1. The highest BCUT2D eigenvalue weighted by Gasteiger charge is 2.29. The van der Waals surface area contributed by atoms with Crippen LogP contribution in [0.2, 0.25) is 0 Å². The zero-order valence-electron chi connectivity index (χ0n) is 16.1. The van der Waals surface area contributed by atoms with E-state index in [0.717, 1.165) is 12.8 Å². The number of nitrogens with zero attached hydrogens (tertiary/aromatic N) is 2. The highest BCUT2D eigenvalue weighted by atomic mass is 32.2. The van der Waals surface area contributed by atoms with Gasteiger partial charge < -0.3 is 10.1 Å². The molecule has 27 heavy (non-hydrogen) atoms. The predicted molar refractivity (Wildman–Crippen MR) is 102 cm³/mol. The molecule has 0 radical (unpaired) electrons. The molecule has 0 unspecified atom stereocenters. The van der Waals surface area contributed by atoms with Crippen LogP contribution in [0.1, 0.15) is 44.7 Å². The third-order valence-corrected chi connectivity index (χ3v) is 6.06. The number of alkyl carbamates (subject to hydrolysis) is 1. The molecule has 148 valence electrons. The van der Waals surface area contributed by atoms with E-state index in [2.05, 4.69) is 5.32 Å². The van der Waals surface area contributed by atoms with Crippen LogP contribution in [0, 0.1) is 17.2 Å². The third-order valence-electron chi connectivity index (χ3n) is 4.24. The van der Waals surface area contributed by atoms with Gasteiger partial charge in [0, 0.05) is 19.6 Å². The molecule has 0 spiro atoms. The number of rotatable bonds is 5. The minimum absolute atomic E-state index is 0.0574. The zero-order valence-corrected chi connectivity index (χ0v) is 16.9. The van der Waals surface area contributed by atoms with Gasteiger partial charge in [0.1, 0.15) is 5.60 Å². The van der Waals surface area contributed by atoms with Gasteiger partial charge in [-0.2, -0.15) is 5.26 Å². The van der Waals surface area contributed by atoms with Gasteiger partial charge in [-0.1, -0.05) is 12.1 Å². The van der Waals surface area contributed by atoms with E-state index in [0.29, 0.717) is 30.8 Å². The van der Waals surface area contributed by atoms with E-state index in [4.69, 9.17) is 10.00 Å². The monoisotopic (exact) mass is 393 g/mol. The number of hydrogen-bond acceptors (Lipinski definition) is 5. The van der Waals surface area contributed by atoms with Crippen molar-refractivity contribution in [2.75, 3.05) is 19.6 Å². The van der Waals surface area contributed by atoms with E-state index in [9.17, 15) is 13.2 Å². The van der Waals surface area contributed by atoms with Crippen LogP contribution in [0.15, 0.2) is 24.3 Å². The van der Waals surface area contributed by atoms with E-state index in [1.807, 2.05) is 6.07 Å². The Morgan fingerprint density at radius 2 is 2.00 bits per heavy atom. The second-order valence-electron chi connectivity index (χ2n) is 7.81. The maximum Gasteiger partial charge on any atom is 0.407 e. The summed E-state index contributed by atoms with van der Waals surface area (Å²) in [5, 5.41) is 11.6. The van der Waals surface area contributed by atoms with Crippen molar-refractivity contribution in [3.05, 3.63) is 35.4 Å². The van der Waals surface area contributed by atoms with Gasteiger partial charge in [0.15, 0.2) is 0 Å². The Labute approximate surface area is 161 Å². The molecule has 1 aromatic rings. The Hall–Kier alpha value is -2.11. The van der Waals surface area contributed by atoms with Crippen molar-refractivity contribution in [1.29, 1.82) is 5.26 Å². The molecular weight excluding hydrogens is 366 g/mol. The van der Waals surface area contributed by atoms with Crippen LogP contribution in [0.5, 0.6) is 0 Å². The summed E-state index contributed by atoms with van der Waals surface area (Å²) in [6.07, 6.45) is 1.13. The molecule has 1 amide bonds. The van der Waals surface area contributed by atoms with Crippen molar-refractivity contribution in [2.24, 2.45) is 5.92 Å². The quantitative estimate of drug-likeness (QED) is 0.829. The fraction of sp³-hybridized carbons (Fsp3) is 0.579. The number of sulfonamides is 1. The highest BCUT2D eigenvalue weighted by Crippen LogP contribution is 2.21. The summed E-state index contributed by atoms with van der Waals surface area (Å²) in [4.78, 5) is 11.8. The number of amides is 1. The third kappa shape index (κ3) is 6.85. The second kappa shape index (κ2) is 8.72. The summed E-state index contributed by atoms with van der Waals surface area (Å²) >= 11 is 0. The molecule has 1 fully saturated rings. The number of ether oxygens (including phenoxy) is 1. The number of nitriles is 1. The Morgan fingerprint density at radius 3 is 2.59 bits per heavy atom. The van der Waals surface area contributed by atoms with Crippen LogP contribution < -0.4 is 5.32 Å². The van der Waals surface area contributed by atoms with E-state index in [-0.39, 0.29) is 11.7 Å². The largest absolute Gasteiger partial charge is 0.444 e. The Morgan fingerprint density at radius 1 is 1.33 bits per heavy atom. The van der Waals surface area contributed by atoms with Gasteiger partial charge in [-0.05, 0) is 57.2 Å². The minimum Gasteiger partial charge on any atom is -0.444 e. The molecule has 0 bridgehead atoms. The molecule has 1 N–H and O–H groups in total. The zero-order chi connectivity index (χ0) is 20.1. The summed E-state index contributed by atoms with van der Waals surface area (Å²) in [5.41, 5.74) is 0.595. The lowest BCUT2D eigenvalue weighted by atomic mass is 10.00. The first-order chi connectivity index (χ1) is 12.6. The van der Waals surface area contributed by atoms with Crippen molar-refractivity contribution in [1.82, 2.24) is 9.62 Å². The van der Waals surface area contributed by atoms with Gasteiger partial charge in [0.25, 0.3) is 0 Å². The fourth-order valence-electron chi connectivity index (χ4n) is 2.97. The SMILES string of the molecule is CC(C)(C)OC(=O)NC[C@@H]1CCCN(S(=O)(=O)Cc2ccc(C#N)cc2)C1. The van der Waals surface area contributed by atoms with Crippen molar-refractivity contribution in [3.63, 3.8) is 0 Å². The summed E-state index contributed by atoms with van der Waals surface area (Å²) in [5.74, 6) is -0.0349. The molecule has 8 heteroatoms. The van der Waals surface area contributed by atoms with Gasteiger partial charge >= 0.3 is 6.09 Å². The summed E-state index contributed by atoms with van der Waals surface area (Å²) in [6.45, 7) is 6.65. The van der Waals surface area contributed by atoms with Crippen molar-refractivity contribution < 1.29 is 17.9 Å². The maximum absolute atomic E-state index is 12.7. The van der Waals surface area contributed by atoms with Gasteiger partial charge in [-0.15, -0.1) is 0 Å². The Bertz CT molecular complexity index is 792. The molecule has 1 saturated heterocycles. The lowest BCUT2D eigenvalue weighted by molar-refractivity contribution is 0.0513. The average Bonchev–Trinajstić information content (AvgIpc) is 2.59. The number of nitrogens with one attached hydrogen (secondary N) is 1. The molecular formula is C19H27N3O4S. The van der Waals surface area contributed by atoms with Gasteiger partial charge in [0.05, 0.1) is 17.4 Å². The standard InChI is InChI=1S/C19H27N3O4S/c1-19(2,3)26-18(23)21-12-17-5-4-10-22(13-17)27(24,25)14-16-8-6-15(11-20)7-9-16/h6-9,17H,4-5,10,12-14H2,1-3H3,(H,21,23)/t17-/m0/s1. The first-order valence-electron chi connectivity index (χ1n) is 9.03. The lowest BCUT2D eigenvalue weighted by Crippen LogP contribution is -2.44. The Kier molecular flexibility index (Phi) is 6.84. The topological polar surface area (TPSA) is 99.5 Å². The summed E-state index contributed by atoms with van der Waals surface area (Å²) < 4.78 is 32.2. The van der Waals surface area contributed by atoms with Crippen LogP contribution in [0.25, 0.3) is 0 Å². The van der Waals surface area contributed by atoms with Crippen LogP contribution in [0.3, 0.4) is 0 Å². The number of carbonyl (C=O) groups excluding carboxylic acids is 1. The predicted octanol–water partition coefficient (Wildman–Crippen LogP) is 2.62. The molecule has 1 atom stereocenters. The molecule has 0 saturated carbocycles. The minimum atomic E-state index is -3.45. The average molecular weight is 394 g/mol. The summed E-state index contributed by atoms with van der Waals surface area (Å²) in [7, 11) is -3.45. The van der Waals surface area contributed by atoms with Gasteiger partial charge in [-0.3, -0.25) is 0 Å². The lowest BCUT2D eigenvalue weighted by Gasteiger charge is -2.32. The second-order valence-corrected chi connectivity index (χ2v) is 9.78. The number of piperidine rings is 1. The number of benzene rings is 1. The van der Waals surface area contributed by atoms with Crippen LogP contribution >= 0.6 is 0 Å². The van der Waals surface area contributed by atoms with E-state index in [1.54, 1.807) is 45.0 Å². The molecule has 2 rings (SSSR count). The molecule has 1 aliphatic rings. The van der Waals surface area contributed by atoms with E-state index < -0.39 is 21.7 Å². The normalized spacial score (nSPS) is 18.5. The molecule has 1 aromatic carbocycles. The van der Waals surface area contributed by atoms with Crippen LogP contribution in [-0.4, -0.2) is 44.1 Å². The molecule has 0 aromatic heterocycles. The van der Waals surface area contributed by atoms with Crippen LogP contribution in [-0.2, 0) is 20.5 Å². The number of carbonyl (C=O) groups is 1. The van der Waals surface area contributed by atoms with Crippen molar-refractivity contribution >= 4 is 16.1 Å². The van der Waals surface area contributed by atoms with Crippen molar-refractivity contribution in [2.45, 2.75) is 45.0 Å². The molecule has 1 heterocycles. The van der Waals surface area contributed by atoms with Crippen molar-refractivity contribution in [3.8, 4) is 6.07 Å². The van der Waals surface area contributed by atoms with Gasteiger partial charge in [0.2, 0.25) is 10.0 Å². The fourth-order valence-corrected chi connectivity index (χ4v) is 4.61. The molecule has 7 nitrogen and oxygen atoms in total. The first-order valence-corrected chi connectivity index (χ1v) is 10.6. The van der Waals surface area contributed by atoms with Crippen LogP contribution in [0.4, 0.5) is 4.79 Å². The maximum atomic E-state index is 12.7. The smallest absolute Gasteiger partial charge is 0.407 e. The first kappa shape index (κ1) is 21.2. The Balaban J connectivity index is 1.91. The molecule has 0 aliphatic carbocycles. The van der Waals surface area contributed by atoms with E-state index in [1.165, 1.54) is 4.31 Å².